The van der Waals surface area contributed by atoms with Crippen LogP contribution >= 0.6 is 0 Å². The van der Waals surface area contributed by atoms with Crippen molar-refractivity contribution in [1.29, 1.82) is 0 Å². The Morgan fingerprint density at radius 3 is 2.55 bits per heavy atom. The Hall–Kier alpha value is -4.33. The van der Waals surface area contributed by atoms with Crippen molar-refractivity contribution in [2.75, 3.05) is 25.5 Å². The molecule has 0 aliphatic rings. The molecule has 38 heavy (non-hydrogen) atoms. The summed E-state index contributed by atoms with van der Waals surface area (Å²) >= 11 is 0. The van der Waals surface area contributed by atoms with Crippen molar-refractivity contribution in [2.45, 2.75) is 38.0 Å². The number of carbonyl (C=O) groups excluding carboxylic acids is 2. The Kier molecular flexibility index (Phi) is 9.34. The number of H-pyrrole nitrogens is 1. The summed E-state index contributed by atoms with van der Waals surface area (Å²) in [7, 11) is 1.65. The fraction of sp³-hybridized carbons (Fsp3) is 0.300. The van der Waals surface area contributed by atoms with Gasteiger partial charge < -0.3 is 26.0 Å². The molecule has 4 aromatic rings. The lowest BCUT2D eigenvalue weighted by Gasteiger charge is -2.16. The fourth-order valence-corrected chi connectivity index (χ4v) is 4.46. The van der Waals surface area contributed by atoms with E-state index in [1.807, 2.05) is 18.3 Å². The summed E-state index contributed by atoms with van der Waals surface area (Å²) in [5.41, 5.74) is 2.51. The molecule has 8 nitrogen and oxygen atoms in total. The largest absolute Gasteiger partial charge is 0.506 e. The van der Waals surface area contributed by atoms with Gasteiger partial charge in [0.1, 0.15) is 11.6 Å². The van der Waals surface area contributed by atoms with Crippen LogP contribution in [0.4, 0.5) is 5.69 Å². The number of hydrogen-bond acceptors (Lipinski definition) is 5. The zero-order valence-corrected chi connectivity index (χ0v) is 21.7. The molecule has 0 aliphatic carbocycles. The highest BCUT2D eigenvalue weighted by atomic mass is 16.3. The van der Waals surface area contributed by atoms with E-state index in [2.05, 4.69) is 56.3 Å². The van der Waals surface area contributed by atoms with Gasteiger partial charge in [0.05, 0.1) is 24.1 Å². The van der Waals surface area contributed by atoms with Crippen molar-refractivity contribution in [3.05, 3.63) is 78.8 Å². The van der Waals surface area contributed by atoms with Gasteiger partial charge in [-0.25, -0.2) is 4.98 Å². The van der Waals surface area contributed by atoms with E-state index in [1.165, 1.54) is 5.39 Å². The molecule has 1 unspecified atom stereocenters. The van der Waals surface area contributed by atoms with E-state index in [-0.39, 0.29) is 30.0 Å². The van der Waals surface area contributed by atoms with Gasteiger partial charge in [-0.1, -0.05) is 61.4 Å². The Bertz CT molecular complexity index is 1370. The number of phenolic OH excluding ortho intramolecular Hbond substituents is 1. The van der Waals surface area contributed by atoms with Crippen LogP contribution < -0.4 is 16.0 Å². The molecule has 0 spiro atoms. The van der Waals surface area contributed by atoms with E-state index in [1.54, 1.807) is 31.3 Å². The number of para-hydroxylation sites is 2. The molecule has 0 fully saturated rings. The molecule has 1 aromatic heterocycles. The van der Waals surface area contributed by atoms with E-state index >= 15 is 0 Å². The monoisotopic (exact) mass is 513 g/mol. The molecular weight excluding hydrogens is 478 g/mol. The highest BCUT2D eigenvalue weighted by Crippen LogP contribution is 2.26. The van der Waals surface area contributed by atoms with E-state index in [4.69, 9.17) is 0 Å². The third-order valence-corrected chi connectivity index (χ3v) is 6.67. The Morgan fingerprint density at radius 2 is 1.74 bits per heavy atom. The highest BCUT2D eigenvalue weighted by Gasteiger charge is 2.17. The maximum Gasteiger partial charge on any atom is 0.239 e. The van der Waals surface area contributed by atoms with Gasteiger partial charge in [0.2, 0.25) is 11.8 Å². The summed E-state index contributed by atoms with van der Waals surface area (Å²) in [6, 6.07) is 21.4. The summed E-state index contributed by atoms with van der Waals surface area (Å²) in [5.74, 6) is 0.814. The lowest BCUT2D eigenvalue weighted by atomic mass is 9.99. The summed E-state index contributed by atoms with van der Waals surface area (Å²) < 4.78 is 0. The van der Waals surface area contributed by atoms with Crippen LogP contribution in [0.1, 0.15) is 43.8 Å². The summed E-state index contributed by atoms with van der Waals surface area (Å²) in [6.45, 7) is 0.484. The summed E-state index contributed by atoms with van der Waals surface area (Å²) in [5, 5.41) is 20.9. The van der Waals surface area contributed by atoms with Gasteiger partial charge in [0.25, 0.3) is 0 Å². The molecule has 8 heteroatoms. The first-order valence-corrected chi connectivity index (χ1v) is 13.1. The number of hydrogen-bond donors (Lipinski definition) is 5. The number of carbonyl (C=O) groups is 2. The Morgan fingerprint density at radius 1 is 0.947 bits per heavy atom. The van der Waals surface area contributed by atoms with Crippen LogP contribution in [0.2, 0.25) is 0 Å². The van der Waals surface area contributed by atoms with E-state index in [0.717, 1.165) is 48.2 Å². The standard InChI is InChI=1S/C30H35N5O3/c1-31-28(37)14-4-2-3-11-24(18-33-29(38)20-32-25-12-7-8-13-27(25)36)30-34-19-26(35-30)23-16-15-21-9-5-6-10-22(21)17-23/h5-10,12-13,15-17,19,24,32,36H,2-4,11,14,18,20H2,1H3,(H,31,37)(H,33,38)(H,34,35). The topological polar surface area (TPSA) is 119 Å². The average molecular weight is 514 g/mol. The van der Waals surface area contributed by atoms with Crippen molar-refractivity contribution in [3.63, 3.8) is 0 Å². The Balaban J connectivity index is 1.40. The minimum atomic E-state index is -0.167. The molecule has 0 bridgehead atoms. The molecule has 0 saturated carbocycles. The normalized spacial score (nSPS) is 11.7. The zero-order chi connectivity index (χ0) is 26.7. The lowest BCUT2D eigenvalue weighted by molar-refractivity contribution is -0.121. The third-order valence-electron chi connectivity index (χ3n) is 6.67. The number of fused-ring (bicyclic) bond motifs is 1. The van der Waals surface area contributed by atoms with Gasteiger partial charge in [0, 0.05) is 31.5 Å². The van der Waals surface area contributed by atoms with Crippen LogP contribution in [0.25, 0.3) is 22.0 Å². The number of nitrogens with zero attached hydrogens (tertiary/aromatic N) is 1. The second-order valence-corrected chi connectivity index (χ2v) is 9.39. The number of rotatable bonds is 13. The molecule has 2 amide bonds. The number of amides is 2. The van der Waals surface area contributed by atoms with Gasteiger partial charge >= 0.3 is 0 Å². The number of aromatic amines is 1. The average Bonchev–Trinajstić information content (AvgIpc) is 3.44. The number of unbranched alkanes of at least 4 members (excludes halogenated alkanes) is 2. The minimum absolute atomic E-state index is 0.00159. The van der Waals surface area contributed by atoms with Gasteiger partial charge in [-0.3, -0.25) is 9.59 Å². The van der Waals surface area contributed by atoms with Crippen molar-refractivity contribution in [2.24, 2.45) is 0 Å². The summed E-state index contributed by atoms with van der Waals surface area (Å²) in [6.07, 6.45) is 5.85. The molecule has 1 heterocycles. The Labute approximate surface area is 222 Å². The van der Waals surface area contributed by atoms with Crippen LogP contribution in [0, 0.1) is 0 Å². The fourth-order valence-electron chi connectivity index (χ4n) is 4.46. The predicted octanol–water partition coefficient (Wildman–Crippen LogP) is 4.94. The van der Waals surface area contributed by atoms with Gasteiger partial charge in [-0.05, 0) is 41.8 Å². The minimum Gasteiger partial charge on any atom is -0.506 e. The number of phenols is 1. The third kappa shape index (κ3) is 7.35. The number of benzene rings is 3. The highest BCUT2D eigenvalue weighted by molar-refractivity contribution is 5.86. The van der Waals surface area contributed by atoms with Crippen LogP contribution in [0.5, 0.6) is 5.75 Å². The molecule has 5 N–H and O–H groups in total. The molecule has 0 aliphatic heterocycles. The van der Waals surface area contributed by atoms with Crippen LogP contribution in [0.15, 0.2) is 72.9 Å². The van der Waals surface area contributed by atoms with E-state index < -0.39 is 0 Å². The van der Waals surface area contributed by atoms with Crippen LogP contribution in [-0.2, 0) is 9.59 Å². The van der Waals surface area contributed by atoms with Gasteiger partial charge in [0.15, 0.2) is 0 Å². The van der Waals surface area contributed by atoms with Crippen molar-refractivity contribution in [1.82, 2.24) is 20.6 Å². The summed E-state index contributed by atoms with van der Waals surface area (Å²) in [4.78, 5) is 32.2. The lowest BCUT2D eigenvalue weighted by Crippen LogP contribution is -2.33. The van der Waals surface area contributed by atoms with E-state index in [9.17, 15) is 14.7 Å². The number of nitrogens with one attached hydrogen (secondary N) is 4. The molecule has 1 atom stereocenters. The predicted molar refractivity (Wildman–Crippen MR) is 151 cm³/mol. The smallest absolute Gasteiger partial charge is 0.239 e. The molecule has 0 saturated heterocycles. The first-order valence-electron chi connectivity index (χ1n) is 13.1. The number of aromatic nitrogens is 2. The quantitative estimate of drug-likeness (QED) is 0.128. The van der Waals surface area contributed by atoms with Gasteiger partial charge in [-0.15, -0.1) is 0 Å². The molecule has 198 valence electrons. The number of aromatic hydroxyl groups is 1. The first kappa shape index (κ1) is 26.7. The maximum atomic E-state index is 12.6. The number of anilines is 1. The zero-order valence-electron chi connectivity index (χ0n) is 21.7. The molecule has 0 radical (unpaired) electrons. The SMILES string of the molecule is CNC(=O)CCCCCC(CNC(=O)CNc1ccccc1O)c1ncc(-c2ccc3ccccc3c2)[nH]1. The maximum absolute atomic E-state index is 12.6. The van der Waals surface area contributed by atoms with E-state index in [0.29, 0.717) is 18.7 Å². The second-order valence-electron chi connectivity index (χ2n) is 9.39. The van der Waals surface area contributed by atoms with Crippen LogP contribution in [-0.4, -0.2) is 47.0 Å². The van der Waals surface area contributed by atoms with Crippen molar-refractivity contribution < 1.29 is 14.7 Å². The molecule has 4 rings (SSSR count). The molecular formula is C30H35N5O3. The first-order chi connectivity index (χ1) is 18.5. The van der Waals surface area contributed by atoms with Crippen molar-refractivity contribution >= 4 is 28.3 Å². The number of imidazole rings is 1. The van der Waals surface area contributed by atoms with Crippen molar-refractivity contribution in [3.8, 4) is 17.0 Å². The molecule has 3 aromatic carbocycles. The van der Waals surface area contributed by atoms with Gasteiger partial charge in [-0.2, -0.15) is 0 Å². The second kappa shape index (κ2) is 13.3. The van der Waals surface area contributed by atoms with Crippen LogP contribution in [0.3, 0.4) is 0 Å².